The Balaban J connectivity index is 0.932. The van der Waals surface area contributed by atoms with Crippen LogP contribution < -0.4 is 29.1 Å². The molecule has 0 radical (unpaired) electrons. The van der Waals surface area contributed by atoms with Gasteiger partial charge in [-0.05, 0) is 227 Å². The molecule has 0 spiro atoms. The number of nitrogens with zero attached hydrogens (tertiary/aromatic N) is 4. The highest BCUT2D eigenvalue weighted by molar-refractivity contribution is 5.97. The van der Waals surface area contributed by atoms with Crippen LogP contribution in [-0.2, 0) is 22.7 Å². The van der Waals surface area contributed by atoms with Gasteiger partial charge in [0.15, 0.2) is 0 Å². The fourth-order valence-electron chi connectivity index (χ4n) is 11.9. The lowest BCUT2D eigenvalue weighted by atomic mass is 10.0. The summed E-state index contributed by atoms with van der Waals surface area (Å²) in [5, 5.41) is 4.45. The third kappa shape index (κ3) is 13.7. The molecule has 1 heterocycles. The minimum absolute atomic E-state index is 0.416. The Morgan fingerprint density at radius 2 is 0.544 bits per heavy atom. The molecule has 12 aromatic rings. The minimum atomic E-state index is 0.416. The average molecular weight is 1180 g/mol. The van der Waals surface area contributed by atoms with Gasteiger partial charge in [-0.15, -0.1) is 0 Å². The molecule has 1 aliphatic rings. The van der Waals surface area contributed by atoms with Crippen molar-refractivity contribution >= 4 is 102 Å². The maximum atomic E-state index is 6.62. The van der Waals surface area contributed by atoms with Gasteiger partial charge in [0.25, 0.3) is 0 Å². The van der Waals surface area contributed by atoms with Gasteiger partial charge in [-0.25, -0.2) is 0 Å². The van der Waals surface area contributed by atoms with E-state index >= 15 is 0 Å². The second-order valence-electron chi connectivity index (χ2n) is 22.6. The van der Waals surface area contributed by atoms with Crippen LogP contribution >= 0.6 is 0 Å². The molecule has 0 saturated carbocycles. The van der Waals surface area contributed by atoms with Crippen molar-refractivity contribution in [2.75, 3.05) is 46.0 Å². The Morgan fingerprint density at radius 3 is 0.833 bits per heavy atom. The lowest BCUT2D eigenvalue weighted by molar-refractivity contribution is 0.113. The monoisotopic (exact) mass is 1180 g/mol. The zero-order valence-electron chi connectivity index (χ0n) is 50.6. The predicted octanol–water partition coefficient (Wildman–Crippen LogP) is 22.2. The van der Waals surface area contributed by atoms with Gasteiger partial charge in [0.05, 0.1) is 26.4 Å². The SMILES string of the molecule is C=Cc1ccc(OCCCCOCc2cc3cc(c2)N(c2ccccc2)c2ccc4ccc(cc4c2)N(c2ccccc2)c2cc(COCCCCOc4ccc(C=C)cc4)cc(c2)N(c2ccccc2)c2ccc4ccc(cc4c2)N3c2ccccc2)cc1. The van der Waals surface area contributed by atoms with Gasteiger partial charge in [0.2, 0.25) is 0 Å². The smallest absolute Gasteiger partial charge is 0.119 e. The molecular formula is C82H72N4O4. The minimum Gasteiger partial charge on any atom is -0.494 e. The van der Waals surface area contributed by atoms with Crippen molar-refractivity contribution in [3.63, 3.8) is 0 Å². The second kappa shape index (κ2) is 28.0. The highest BCUT2D eigenvalue weighted by Crippen LogP contribution is 2.46. The van der Waals surface area contributed by atoms with E-state index in [1.165, 1.54) is 0 Å². The summed E-state index contributed by atoms with van der Waals surface area (Å²) >= 11 is 0. The summed E-state index contributed by atoms with van der Waals surface area (Å²) in [5.74, 6) is 1.71. The molecule has 444 valence electrons. The average Bonchev–Trinajstić information content (AvgIpc) is 0.873. The Labute approximate surface area is 529 Å². The van der Waals surface area contributed by atoms with Crippen molar-refractivity contribution in [2.24, 2.45) is 0 Å². The van der Waals surface area contributed by atoms with Crippen molar-refractivity contribution in [1.29, 1.82) is 0 Å². The summed E-state index contributed by atoms with van der Waals surface area (Å²) < 4.78 is 25.4. The molecule has 1 aliphatic heterocycles. The van der Waals surface area contributed by atoms with E-state index in [4.69, 9.17) is 18.9 Å². The molecule has 8 nitrogen and oxygen atoms in total. The first kappa shape index (κ1) is 58.4. The number of unbranched alkanes of at least 4 members (excludes halogenated alkanes) is 2. The zero-order chi connectivity index (χ0) is 60.9. The van der Waals surface area contributed by atoms with Crippen LogP contribution in [0.4, 0.5) is 68.2 Å². The first-order valence-electron chi connectivity index (χ1n) is 31.1. The summed E-state index contributed by atoms with van der Waals surface area (Å²) in [6.45, 7) is 11.0. The van der Waals surface area contributed by atoms with E-state index < -0.39 is 0 Å². The molecule has 12 aromatic carbocycles. The summed E-state index contributed by atoms with van der Waals surface area (Å²) in [7, 11) is 0. The third-order valence-corrected chi connectivity index (χ3v) is 16.3. The van der Waals surface area contributed by atoms with Crippen molar-refractivity contribution in [3.05, 3.63) is 314 Å². The molecule has 0 unspecified atom stereocenters. The number of rotatable bonds is 22. The molecule has 10 bridgehead atoms. The number of benzene rings is 12. The van der Waals surface area contributed by atoms with Crippen LogP contribution in [0, 0.1) is 0 Å². The quantitative estimate of drug-likeness (QED) is 0.0622. The Kier molecular flexibility index (Phi) is 18.2. The number of fused-ring (bicyclic) bond motifs is 8. The van der Waals surface area contributed by atoms with Crippen molar-refractivity contribution in [1.82, 2.24) is 0 Å². The van der Waals surface area contributed by atoms with Crippen LogP contribution in [0.2, 0.25) is 0 Å². The van der Waals surface area contributed by atoms with Crippen LogP contribution in [0.3, 0.4) is 0 Å². The van der Waals surface area contributed by atoms with Crippen molar-refractivity contribution < 1.29 is 18.9 Å². The lowest BCUT2D eigenvalue weighted by Gasteiger charge is -2.31. The topological polar surface area (TPSA) is 49.9 Å². The number of ether oxygens (including phenoxy) is 4. The predicted molar refractivity (Wildman–Crippen MR) is 376 cm³/mol. The molecule has 90 heavy (non-hydrogen) atoms. The Bertz CT molecular complexity index is 3890. The van der Waals surface area contributed by atoms with Gasteiger partial charge < -0.3 is 38.5 Å². The van der Waals surface area contributed by atoms with Crippen LogP contribution in [0.25, 0.3) is 33.7 Å². The summed E-state index contributed by atoms with van der Waals surface area (Å²) in [6, 6.07) is 100.0. The highest BCUT2D eigenvalue weighted by Gasteiger charge is 2.23. The van der Waals surface area contributed by atoms with Gasteiger partial charge in [0, 0.05) is 81.5 Å². The molecule has 0 fully saturated rings. The first-order valence-corrected chi connectivity index (χ1v) is 31.1. The molecule has 0 aromatic heterocycles. The largest absolute Gasteiger partial charge is 0.494 e. The van der Waals surface area contributed by atoms with E-state index in [1.807, 2.05) is 60.7 Å². The van der Waals surface area contributed by atoms with Gasteiger partial charge in [-0.2, -0.15) is 0 Å². The molecule has 13 rings (SSSR count). The summed E-state index contributed by atoms with van der Waals surface area (Å²) in [5.41, 5.74) is 16.5. The van der Waals surface area contributed by atoms with Gasteiger partial charge in [0.1, 0.15) is 11.5 Å². The van der Waals surface area contributed by atoms with Gasteiger partial charge >= 0.3 is 0 Å². The molecule has 8 heteroatoms. The summed E-state index contributed by atoms with van der Waals surface area (Å²) in [6.07, 6.45) is 7.13. The van der Waals surface area contributed by atoms with E-state index in [-0.39, 0.29) is 0 Å². The van der Waals surface area contributed by atoms with E-state index in [1.54, 1.807) is 0 Å². The number of anilines is 12. The second-order valence-corrected chi connectivity index (χ2v) is 22.6. The molecule has 0 aliphatic carbocycles. The highest BCUT2D eigenvalue weighted by atomic mass is 16.5. The van der Waals surface area contributed by atoms with Crippen molar-refractivity contribution in [2.45, 2.75) is 38.9 Å². The zero-order valence-corrected chi connectivity index (χ0v) is 50.6. The molecule has 0 atom stereocenters. The van der Waals surface area contributed by atoms with E-state index in [9.17, 15) is 0 Å². The molecule has 0 N–H and O–H groups in total. The number of hydrogen-bond acceptors (Lipinski definition) is 8. The van der Waals surface area contributed by atoms with Crippen LogP contribution in [-0.4, -0.2) is 26.4 Å². The fraction of sp³-hybridized carbons (Fsp3) is 0.122. The Morgan fingerprint density at radius 1 is 0.256 bits per heavy atom. The first-order chi connectivity index (χ1) is 44.5. The van der Waals surface area contributed by atoms with E-state index in [0.29, 0.717) is 39.6 Å². The third-order valence-electron chi connectivity index (χ3n) is 16.3. The standard InChI is InChI=1S/C82H72N4O4/c1-3-61-29-41-81(42-30-61)89-47-19-17-45-87-59-63-49-77-57-78(50-63)84(70-23-11-6-12-24-70)74-38-34-66-36-40-76(56-68(66)54-74)86(72-27-15-8-16-28-72)80-52-64(60-88-46-18-20-48-90-82-43-31-62(4-2)32-44-82)51-79(58-80)85(71-25-13-7-14-26-71)75-39-35-65-33-37-73(53-67(65)55-75)83(77)69-21-9-5-10-22-69/h3-16,21-44,49-58H,1-2,17-20,45-48,59-60H2. The van der Waals surface area contributed by atoms with Gasteiger partial charge in [-0.1, -0.05) is 147 Å². The number of para-hydroxylation sites is 4. The maximum absolute atomic E-state index is 6.62. The Hall–Kier alpha value is -10.6. The van der Waals surface area contributed by atoms with Crippen LogP contribution in [0.5, 0.6) is 11.5 Å². The van der Waals surface area contributed by atoms with Gasteiger partial charge in [-0.3, -0.25) is 0 Å². The normalized spacial score (nSPS) is 12.1. The van der Waals surface area contributed by atoms with Crippen LogP contribution in [0.15, 0.2) is 292 Å². The van der Waals surface area contributed by atoms with E-state index in [0.717, 1.165) is 149 Å². The van der Waals surface area contributed by atoms with Crippen LogP contribution in [0.1, 0.15) is 47.9 Å². The van der Waals surface area contributed by atoms with E-state index in [2.05, 4.69) is 263 Å². The summed E-state index contributed by atoms with van der Waals surface area (Å²) in [4.78, 5) is 9.52. The molecular weight excluding hydrogens is 1100 g/mol. The number of hydrogen-bond donors (Lipinski definition) is 0. The van der Waals surface area contributed by atoms with Crippen molar-refractivity contribution in [3.8, 4) is 11.5 Å². The molecule has 0 amide bonds. The lowest BCUT2D eigenvalue weighted by Crippen LogP contribution is -2.15. The molecule has 0 saturated heterocycles. The maximum Gasteiger partial charge on any atom is 0.119 e. The fourth-order valence-corrected chi connectivity index (χ4v) is 11.9.